The average Bonchev–Trinajstić information content (AvgIpc) is 3.33. The highest BCUT2D eigenvalue weighted by Crippen LogP contribution is 2.30. The van der Waals surface area contributed by atoms with Crippen molar-refractivity contribution in [3.63, 3.8) is 0 Å². The Morgan fingerprint density at radius 1 is 0.905 bits per heavy atom. The molecule has 2 aromatic heterocycles. The Kier molecular flexibility index (Phi) is 8.17. The van der Waals surface area contributed by atoms with Crippen molar-refractivity contribution in [2.45, 2.75) is 38.5 Å². The summed E-state index contributed by atoms with van der Waals surface area (Å²) < 4.78 is 7.27. The van der Waals surface area contributed by atoms with Crippen LogP contribution in [0.1, 0.15) is 36.8 Å². The second-order valence-electron chi connectivity index (χ2n) is 11.0. The highest BCUT2D eigenvalue weighted by molar-refractivity contribution is 7.99. The normalized spacial score (nSPS) is 13.8. The molecular weight excluding hydrogens is 554 g/mol. The average molecular weight is 588 g/mol. The number of benzene rings is 2. The van der Waals surface area contributed by atoms with Gasteiger partial charge in [0.25, 0.3) is 5.91 Å². The number of aryl methyl sites for hydroxylation is 1. The molecule has 3 heterocycles. The van der Waals surface area contributed by atoms with Crippen molar-refractivity contribution in [1.29, 1.82) is 0 Å². The first-order valence-corrected chi connectivity index (χ1v) is 14.6. The minimum atomic E-state index is -0.719. The van der Waals surface area contributed by atoms with Gasteiger partial charge in [-0.25, -0.2) is 19.7 Å². The SMILES string of the molecule is Cc1ccc(-c2nc(C(N)=O)c3nc(SCC(=O)N4CCN(C(=O)OC(C)(C)C)CC4)n(-c4ccccc4)c3n2)cc1. The van der Waals surface area contributed by atoms with Gasteiger partial charge in [-0.2, -0.15) is 0 Å². The smallest absolute Gasteiger partial charge is 0.410 e. The number of thioether (sulfide) groups is 1. The summed E-state index contributed by atoms with van der Waals surface area (Å²) in [5, 5.41) is 0.481. The molecule has 3 amide bonds. The van der Waals surface area contributed by atoms with Crippen LogP contribution in [0.3, 0.4) is 0 Å². The molecule has 1 aliphatic rings. The van der Waals surface area contributed by atoms with Crippen molar-refractivity contribution in [3.05, 3.63) is 65.9 Å². The van der Waals surface area contributed by atoms with Gasteiger partial charge in [-0.1, -0.05) is 59.8 Å². The largest absolute Gasteiger partial charge is 0.444 e. The molecule has 1 fully saturated rings. The summed E-state index contributed by atoms with van der Waals surface area (Å²) in [5.74, 6) is -0.350. The number of amides is 3. The second kappa shape index (κ2) is 11.8. The molecule has 42 heavy (non-hydrogen) atoms. The molecule has 0 bridgehead atoms. The first-order valence-electron chi connectivity index (χ1n) is 13.6. The lowest BCUT2D eigenvalue weighted by molar-refractivity contribution is -0.130. The number of ether oxygens (including phenoxy) is 1. The van der Waals surface area contributed by atoms with Crippen LogP contribution >= 0.6 is 11.8 Å². The lowest BCUT2D eigenvalue weighted by atomic mass is 10.1. The number of rotatable bonds is 6. The van der Waals surface area contributed by atoms with E-state index in [9.17, 15) is 14.4 Å². The molecule has 0 atom stereocenters. The van der Waals surface area contributed by atoms with Crippen LogP contribution in [0.2, 0.25) is 0 Å². The zero-order valence-corrected chi connectivity index (χ0v) is 24.9. The van der Waals surface area contributed by atoms with Gasteiger partial charge in [0.15, 0.2) is 22.3 Å². The van der Waals surface area contributed by atoms with Crippen LogP contribution < -0.4 is 5.73 Å². The third-order valence-corrected chi connectivity index (χ3v) is 7.57. The van der Waals surface area contributed by atoms with Gasteiger partial charge in [-0.3, -0.25) is 14.2 Å². The predicted octanol–water partition coefficient (Wildman–Crippen LogP) is 4.06. The van der Waals surface area contributed by atoms with E-state index in [4.69, 9.17) is 20.4 Å². The van der Waals surface area contributed by atoms with E-state index in [-0.39, 0.29) is 29.0 Å². The Hall–Kier alpha value is -4.45. The van der Waals surface area contributed by atoms with E-state index in [2.05, 4.69) is 4.98 Å². The molecule has 2 aromatic carbocycles. The van der Waals surface area contributed by atoms with Crippen LogP contribution in [0.5, 0.6) is 0 Å². The zero-order chi connectivity index (χ0) is 30.0. The number of fused-ring (bicyclic) bond motifs is 1. The fourth-order valence-electron chi connectivity index (χ4n) is 4.53. The van der Waals surface area contributed by atoms with Gasteiger partial charge in [0.05, 0.1) is 5.75 Å². The quantitative estimate of drug-likeness (QED) is 0.334. The Balaban J connectivity index is 1.42. The fraction of sp³-hybridized carbons (Fsp3) is 0.333. The van der Waals surface area contributed by atoms with Crippen molar-refractivity contribution in [2.75, 3.05) is 31.9 Å². The summed E-state index contributed by atoms with van der Waals surface area (Å²) in [6.45, 7) is 9.07. The van der Waals surface area contributed by atoms with Gasteiger partial charge in [-0.05, 0) is 39.8 Å². The van der Waals surface area contributed by atoms with Crippen molar-refractivity contribution >= 4 is 40.8 Å². The summed E-state index contributed by atoms with van der Waals surface area (Å²) in [6.07, 6.45) is -0.378. The van der Waals surface area contributed by atoms with Gasteiger partial charge >= 0.3 is 6.09 Å². The van der Waals surface area contributed by atoms with Crippen LogP contribution in [-0.4, -0.2) is 84.8 Å². The van der Waals surface area contributed by atoms with Crippen LogP contribution in [-0.2, 0) is 9.53 Å². The highest BCUT2D eigenvalue weighted by Gasteiger charge is 2.28. The van der Waals surface area contributed by atoms with Crippen molar-refractivity contribution in [1.82, 2.24) is 29.3 Å². The minimum absolute atomic E-state index is 0.0108. The second-order valence-corrected chi connectivity index (χ2v) is 11.9. The van der Waals surface area contributed by atoms with E-state index in [1.165, 1.54) is 11.8 Å². The number of hydrogen-bond donors (Lipinski definition) is 1. The maximum absolute atomic E-state index is 13.2. The number of aromatic nitrogens is 4. The maximum atomic E-state index is 13.2. The molecular formula is C30H33N7O4S. The fourth-order valence-corrected chi connectivity index (χ4v) is 5.44. The number of carbonyl (C=O) groups is 3. The van der Waals surface area contributed by atoms with Crippen LogP contribution in [0.4, 0.5) is 4.79 Å². The molecule has 218 valence electrons. The summed E-state index contributed by atoms with van der Waals surface area (Å²) >= 11 is 1.24. The number of nitrogens with two attached hydrogens (primary N) is 1. The Morgan fingerprint density at radius 2 is 1.55 bits per heavy atom. The molecule has 0 spiro atoms. The van der Waals surface area contributed by atoms with Gasteiger partial charge in [0, 0.05) is 37.4 Å². The van der Waals surface area contributed by atoms with E-state index in [0.29, 0.717) is 42.8 Å². The van der Waals surface area contributed by atoms with E-state index in [1.54, 1.807) is 9.80 Å². The molecule has 0 unspecified atom stereocenters. The molecule has 11 nitrogen and oxygen atoms in total. The Morgan fingerprint density at radius 3 is 2.17 bits per heavy atom. The summed E-state index contributed by atoms with van der Waals surface area (Å²) in [4.78, 5) is 55.5. The van der Waals surface area contributed by atoms with Gasteiger partial charge in [0.2, 0.25) is 5.91 Å². The van der Waals surface area contributed by atoms with Gasteiger partial charge < -0.3 is 20.3 Å². The summed E-state index contributed by atoms with van der Waals surface area (Å²) in [7, 11) is 0. The Bertz CT molecular complexity index is 1620. The highest BCUT2D eigenvalue weighted by atomic mass is 32.2. The predicted molar refractivity (Wildman–Crippen MR) is 160 cm³/mol. The van der Waals surface area contributed by atoms with E-state index < -0.39 is 11.5 Å². The zero-order valence-electron chi connectivity index (χ0n) is 24.0. The van der Waals surface area contributed by atoms with Crippen LogP contribution in [0.25, 0.3) is 28.2 Å². The number of imidazole rings is 1. The molecule has 1 aliphatic heterocycles. The lowest BCUT2D eigenvalue weighted by Crippen LogP contribution is -2.52. The van der Waals surface area contributed by atoms with Crippen molar-refractivity contribution in [2.24, 2.45) is 5.73 Å². The van der Waals surface area contributed by atoms with E-state index in [1.807, 2.05) is 86.9 Å². The number of para-hydroxylation sites is 1. The monoisotopic (exact) mass is 587 g/mol. The minimum Gasteiger partial charge on any atom is -0.444 e. The lowest BCUT2D eigenvalue weighted by Gasteiger charge is -2.35. The number of piperazine rings is 1. The first-order chi connectivity index (χ1) is 20.0. The maximum Gasteiger partial charge on any atom is 0.410 e. The topological polar surface area (TPSA) is 137 Å². The molecule has 12 heteroatoms. The third-order valence-electron chi connectivity index (χ3n) is 6.64. The number of carbonyl (C=O) groups excluding carboxylic acids is 3. The third kappa shape index (κ3) is 6.38. The van der Waals surface area contributed by atoms with Gasteiger partial charge in [0.1, 0.15) is 11.1 Å². The molecule has 5 rings (SSSR count). The Labute approximate surface area is 248 Å². The van der Waals surface area contributed by atoms with Crippen LogP contribution in [0, 0.1) is 6.92 Å². The number of primary amides is 1. The molecule has 1 saturated heterocycles. The van der Waals surface area contributed by atoms with Crippen LogP contribution in [0.15, 0.2) is 59.8 Å². The van der Waals surface area contributed by atoms with Crippen molar-refractivity contribution < 1.29 is 19.1 Å². The molecule has 0 aliphatic carbocycles. The summed E-state index contributed by atoms with van der Waals surface area (Å²) in [6, 6.07) is 17.2. The molecule has 2 N–H and O–H groups in total. The standard InChI is InChI=1S/C30H33N7O4S/c1-19-10-12-20(13-11-19)26-32-23(25(31)39)24-27(34-26)37(21-8-6-5-7-9-21)28(33-24)42-18-22(38)35-14-16-36(17-15-35)29(40)41-30(2,3)4/h5-13H,14-18H2,1-4H3,(H2,31,39). The van der Waals surface area contributed by atoms with E-state index >= 15 is 0 Å². The number of hydrogen-bond acceptors (Lipinski definition) is 8. The first kappa shape index (κ1) is 29.1. The molecule has 0 radical (unpaired) electrons. The van der Waals surface area contributed by atoms with E-state index in [0.717, 1.165) is 16.8 Å². The number of nitrogens with zero attached hydrogens (tertiary/aromatic N) is 6. The van der Waals surface area contributed by atoms with Gasteiger partial charge in [-0.15, -0.1) is 0 Å². The molecule has 0 saturated carbocycles. The molecule has 4 aromatic rings. The van der Waals surface area contributed by atoms with Crippen molar-refractivity contribution in [3.8, 4) is 17.1 Å². The summed E-state index contributed by atoms with van der Waals surface area (Å²) in [5.41, 5.74) is 8.46.